The SMILES string of the molecule is [2H]c1c([2H])c([2H])c(N(c2cc3c4c(c2)N(c2ccc5c(c2)C(C)(C)CCC5(C)C)c2c(sc5c2C(C)(C)CCC5(C)C)B4c2cc(C([2H])([2H])[2H])ccc2N3c2ccc(C([2H])([2H])[2H])cc2)c2c([2H])c([2H])c([2H])c([2H])c2[2H])c([2H])c1[2H]. The van der Waals surface area contributed by atoms with Gasteiger partial charge in [-0.2, -0.15) is 11.3 Å². The first kappa shape index (κ1) is 26.3. The van der Waals surface area contributed by atoms with Crippen LogP contribution in [0.1, 0.15) is 136 Å². The summed E-state index contributed by atoms with van der Waals surface area (Å²) in [6.45, 7) is 12.5. The van der Waals surface area contributed by atoms with E-state index in [1.165, 1.54) is 33.0 Å². The van der Waals surface area contributed by atoms with Crippen molar-refractivity contribution in [1.82, 2.24) is 0 Å². The van der Waals surface area contributed by atoms with Gasteiger partial charge in [0.15, 0.2) is 0 Å². The maximum atomic E-state index is 9.51. The van der Waals surface area contributed by atoms with E-state index in [2.05, 4.69) is 78.5 Å². The van der Waals surface area contributed by atoms with Crippen molar-refractivity contribution < 1.29 is 21.9 Å². The molecule has 3 heterocycles. The Morgan fingerprint density at radius 1 is 0.556 bits per heavy atom. The van der Waals surface area contributed by atoms with Crippen molar-refractivity contribution in [2.45, 2.75) is 116 Å². The molecule has 316 valence electrons. The smallest absolute Gasteiger partial charge is 0.264 e. The van der Waals surface area contributed by atoms with Gasteiger partial charge < -0.3 is 14.7 Å². The van der Waals surface area contributed by atoms with Gasteiger partial charge in [-0.05, 0) is 155 Å². The molecular weight excluding hydrogens is 782 g/mol. The van der Waals surface area contributed by atoms with E-state index in [1.54, 1.807) is 47.7 Å². The van der Waals surface area contributed by atoms with Crippen LogP contribution in [-0.2, 0) is 21.7 Å². The van der Waals surface area contributed by atoms with Crippen LogP contribution >= 0.6 is 11.3 Å². The van der Waals surface area contributed by atoms with Crippen LogP contribution in [-0.4, -0.2) is 6.71 Å². The quantitative estimate of drug-likeness (QED) is 0.160. The molecule has 0 saturated carbocycles. The molecular formula is C58H60BN3S. The first-order valence-corrected chi connectivity index (χ1v) is 22.7. The van der Waals surface area contributed by atoms with E-state index in [1.807, 2.05) is 11.0 Å². The Labute approximate surface area is 403 Å². The molecule has 5 heteroatoms. The molecule has 1 aromatic heterocycles. The lowest BCUT2D eigenvalue weighted by molar-refractivity contribution is 0.332. The minimum absolute atomic E-state index is 0.0767. The number of benzene rings is 6. The Hall–Kier alpha value is -5.52. The van der Waals surface area contributed by atoms with E-state index in [9.17, 15) is 5.48 Å². The van der Waals surface area contributed by atoms with Gasteiger partial charge >= 0.3 is 0 Å². The molecule has 0 amide bonds. The van der Waals surface area contributed by atoms with Gasteiger partial charge in [0.1, 0.15) is 0 Å². The lowest BCUT2D eigenvalue weighted by Crippen LogP contribution is -2.60. The van der Waals surface area contributed by atoms with Crippen LogP contribution in [0, 0.1) is 13.7 Å². The monoisotopic (exact) mass is 858 g/mol. The van der Waals surface area contributed by atoms with Crippen LogP contribution < -0.4 is 30.4 Å². The van der Waals surface area contributed by atoms with Gasteiger partial charge in [-0.1, -0.05) is 133 Å². The number of anilines is 9. The first-order valence-electron chi connectivity index (χ1n) is 29.9. The number of aryl methyl sites for hydroxylation is 2. The highest BCUT2D eigenvalue weighted by molar-refractivity contribution is 7.29. The molecule has 0 radical (unpaired) electrons. The second-order valence-electron chi connectivity index (χ2n) is 20.4. The molecule has 2 aliphatic heterocycles. The summed E-state index contributed by atoms with van der Waals surface area (Å²) in [4.78, 5) is 6.54. The molecule has 63 heavy (non-hydrogen) atoms. The molecule has 0 fully saturated rings. The maximum absolute atomic E-state index is 9.51. The fraction of sp³-hybridized carbons (Fsp3) is 0.310. The summed E-state index contributed by atoms with van der Waals surface area (Å²) >= 11 is 1.72. The summed E-state index contributed by atoms with van der Waals surface area (Å²) in [5.74, 6) is 0. The highest BCUT2D eigenvalue weighted by atomic mass is 32.1. The molecule has 4 aliphatic rings. The second-order valence-corrected chi connectivity index (χ2v) is 21.4. The van der Waals surface area contributed by atoms with Crippen molar-refractivity contribution in [3.8, 4) is 0 Å². The zero-order valence-electron chi connectivity index (χ0n) is 53.1. The standard InChI is InChI=1S/C58H60BN3S/c1-37-21-24-41(25-22-37)61-47-28-23-38(2)33-46(47)59-51-48(61)35-43(60(39-17-13-11-14-18-39)40-19-15-12-16-20-40)36-49(51)62(42-26-27-44-45(34-42)56(5,6)30-29-55(44,3)4)52-50-53(63-54(52)59)58(9,10)32-31-57(50,7)8/h11-28,33-36H,29-32H2,1-10H3/i1D3,2D3,11D,12D,13D,14D,15D,16D,17D,18D,19D,20D. The summed E-state index contributed by atoms with van der Waals surface area (Å²) in [5.41, 5.74) is 6.93. The fourth-order valence-electron chi connectivity index (χ4n) is 10.8. The van der Waals surface area contributed by atoms with Crippen molar-refractivity contribution in [1.29, 1.82) is 0 Å². The number of fused-ring (bicyclic) bond motifs is 7. The van der Waals surface area contributed by atoms with Crippen molar-refractivity contribution in [2.75, 3.05) is 14.7 Å². The fourth-order valence-corrected chi connectivity index (χ4v) is 12.6. The third-order valence-corrected chi connectivity index (χ3v) is 16.0. The van der Waals surface area contributed by atoms with Crippen molar-refractivity contribution in [2.24, 2.45) is 0 Å². The van der Waals surface area contributed by atoms with Gasteiger partial charge in [-0.15, -0.1) is 0 Å². The van der Waals surface area contributed by atoms with Gasteiger partial charge in [0.05, 0.1) is 25.1 Å². The largest absolute Gasteiger partial charge is 0.311 e. The molecule has 7 aromatic rings. The van der Waals surface area contributed by atoms with Gasteiger partial charge in [0.2, 0.25) is 0 Å². The molecule has 3 nitrogen and oxygen atoms in total. The highest BCUT2D eigenvalue weighted by Crippen LogP contribution is 2.58. The van der Waals surface area contributed by atoms with E-state index >= 15 is 0 Å². The van der Waals surface area contributed by atoms with Crippen molar-refractivity contribution in [3.05, 3.63) is 166 Å². The molecule has 0 saturated heterocycles. The average Bonchev–Trinajstić information content (AvgIpc) is 3.61. The zero-order valence-corrected chi connectivity index (χ0v) is 37.9. The molecule has 2 aliphatic carbocycles. The summed E-state index contributed by atoms with van der Waals surface area (Å²) in [5, 5.41) is 0. The van der Waals surface area contributed by atoms with Crippen LogP contribution in [0.25, 0.3) is 0 Å². The van der Waals surface area contributed by atoms with E-state index < -0.39 is 97.6 Å². The molecule has 6 aromatic carbocycles. The summed E-state index contributed by atoms with van der Waals surface area (Å²) < 4.78 is 143. The minimum atomic E-state index is -2.52. The third-order valence-electron chi connectivity index (χ3n) is 14.4. The van der Waals surface area contributed by atoms with Crippen LogP contribution in [0.5, 0.6) is 0 Å². The van der Waals surface area contributed by atoms with Crippen molar-refractivity contribution >= 4 is 84.9 Å². The van der Waals surface area contributed by atoms with Gasteiger partial charge in [0, 0.05) is 57.7 Å². The van der Waals surface area contributed by atoms with Crippen LogP contribution in [0.3, 0.4) is 0 Å². The number of rotatable bonds is 5. The van der Waals surface area contributed by atoms with Gasteiger partial charge in [-0.3, -0.25) is 0 Å². The Morgan fingerprint density at radius 3 is 1.78 bits per heavy atom. The molecule has 0 unspecified atom stereocenters. The molecule has 11 rings (SSSR count). The highest BCUT2D eigenvalue weighted by Gasteiger charge is 2.51. The van der Waals surface area contributed by atoms with Gasteiger partial charge in [0.25, 0.3) is 6.71 Å². The topological polar surface area (TPSA) is 9.72 Å². The van der Waals surface area contributed by atoms with Crippen LogP contribution in [0.4, 0.5) is 51.2 Å². The Bertz CT molecular complexity index is 3640. The predicted molar refractivity (Wildman–Crippen MR) is 273 cm³/mol. The van der Waals surface area contributed by atoms with E-state index in [-0.39, 0.29) is 33.1 Å². The Morgan fingerprint density at radius 2 is 1.13 bits per heavy atom. The maximum Gasteiger partial charge on any atom is 0.264 e. The summed E-state index contributed by atoms with van der Waals surface area (Å²) in [7, 11) is 0. The number of hydrogen-bond donors (Lipinski definition) is 0. The predicted octanol–water partition coefficient (Wildman–Crippen LogP) is 14.6. The number of hydrogen-bond acceptors (Lipinski definition) is 4. The second kappa shape index (κ2) is 14.0. The van der Waals surface area contributed by atoms with Gasteiger partial charge in [-0.25, -0.2) is 0 Å². The summed E-state index contributed by atoms with van der Waals surface area (Å²) in [6.07, 6.45) is 3.64. The number of nitrogens with zero attached hydrogens (tertiary/aromatic N) is 3. The van der Waals surface area contributed by atoms with E-state index in [0.717, 1.165) is 47.4 Å². The van der Waals surface area contributed by atoms with E-state index in [4.69, 9.17) is 16.4 Å². The lowest BCUT2D eigenvalue weighted by Gasteiger charge is -2.47. The lowest BCUT2D eigenvalue weighted by atomic mass is 9.36. The molecule has 0 atom stereocenters. The van der Waals surface area contributed by atoms with Crippen LogP contribution in [0.15, 0.2) is 133 Å². The molecule has 0 spiro atoms. The van der Waals surface area contributed by atoms with Crippen LogP contribution in [0.2, 0.25) is 0 Å². The number of para-hydroxylation sites is 2. The Kier molecular flexibility index (Phi) is 5.84. The molecule has 0 bridgehead atoms. The van der Waals surface area contributed by atoms with E-state index in [0.29, 0.717) is 33.7 Å². The minimum Gasteiger partial charge on any atom is -0.311 e. The zero-order chi connectivity index (χ0) is 57.5. The molecule has 0 N–H and O–H groups in total. The number of thiophene rings is 1. The average molecular weight is 858 g/mol. The third kappa shape index (κ3) is 6.20. The Balaban J connectivity index is 1.37. The normalized spacial score (nSPS) is 22.2. The first-order chi connectivity index (χ1) is 36.6. The van der Waals surface area contributed by atoms with Crippen molar-refractivity contribution in [3.63, 3.8) is 0 Å². The summed E-state index contributed by atoms with van der Waals surface area (Å²) in [6, 6.07) is 14.7.